The van der Waals surface area contributed by atoms with Gasteiger partial charge in [-0.2, -0.15) is 0 Å². The van der Waals surface area contributed by atoms with Crippen molar-refractivity contribution >= 4 is 28.9 Å². The van der Waals surface area contributed by atoms with Gasteiger partial charge in [0.15, 0.2) is 6.61 Å². The van der Waals surface area contributed by atoms with E-state index in [0.717, 1.165) is 0 Å². The topological polar surface area (TPSA) is 115 Å². The molecule has 21 heavy (non-hydrogen) atoms. The molecule has 0 aromatic heterocycles. The van der Waals surface area contributed by atoms with Crippen molar-refractivity contribution in [1.29, 1.82) is 0 Å². The number of nitrogens with one attached hydrogen (secondary N) is 3. The summed E-state index contributed by atoms with van der Waals surface area (Å²) in [5, 5.41) is 8.28. The van der Waals surface area contributed by atoms with Crippen molar-refractivity contribution in [2.45, 2.75) is 0 Å². The fraction of sp³-hybridized carbons (Fsp3) is 0.385. The molecule has 114 valence electrons. The number of methoxy groups -OCH3 is 1. The van der Waals surface area contributed by atoms with E-state index in [2.05, 4.69) is 16.0 Å². The molecule has 8 nitrogen and oxygen atoms in total. The van der Waals surface area contributed by atoms with Gasteiger partial charge >= 0.3 is 0 Å². The van der Waals surface area contributed by atoms with Crippen molar-refractivity contribution in [3.8, 4) is 5.75 Å². The maximum atomic E-state index is 11.6. The number of carbonyl (C=O) groups excluding carboxylic acids is 2. The standard InChI is InChI=1S/C13H18N4O4/c1-20-3-2-15-12(18)6-16-9-5-10-11(4-8(9)14)21-7-13(19)17-10/h4-5,16H,2-3,6-7,14H2,1H3,(H,15,18)(H,17,19). The zero-order valence-corrected chi connectivity index (χ0v) is 11.7. The molecule has 0 bridgehead atoms. The number of hydrogen-bond acceptors (Lipinski definition) is 6. The first kappa shape index (κ1) is 14.9. The fourth-order valence-corrected chi connectivity index (χ4v) is 1.83. The number of nitrogens with two attached hydrogens (primary N) is 1. The molecule has 1 aliphatic heterocycles. The van der Waals surface area contributed by atoms with Crippen LogP contribution in [-0.4, -0.2) is 45.2 Å². The minimum Gasteiger partial charge on any atom is -0.482 e. The molecule has 8 heteroatoms. The summed E-state index contributed by atoms with van der Waals surface area (Å²) in [7, 11) is 1.56. The molecule has 0 saturated carbocycles. The van der Waals surface area contributed by atoms with Gasteiger partial charge in [-0.1, -0.05) is 0 Å². The third-order valence-corrected chi connectivity index (χ3v) is 2.85. The predicted octanol–water partition coefficient (Wildman–Crippen LogP) is -0.226. The molecule has 5 N–H and O–H groups in total. The highest BCUT2D eigenvalue weighted by Gasteiger charge is 2.18. The first-order valence-electron chi connectivity index (χ1n) is 6.46. The highest BCUT2D eigenvalue weighted by Crippen LogP contribution is 2.34. The summed E-state index contributed by atoms with van der Waals surface area (Å²) in [5.41, 5.74) is 7.41. The number of ether oxygens (including phenoxy) is 2. The average molecular weight is 294 g/mol. The van der Waals surface area contributed by atoms with Gasteiger partial charge in [0.05, 0.1) is 30.2 Å². The van der Waals surface area contributed by atoms with Crippen LogP contribution in [0.3, 0.4) is 0 Å². The summed E-state index contributed by atoms with van der Waals surface area (Å²) in [6.45, 7) is 0.944. The molecular formula is C13H18N4O4. The molecule has 1 heterocycles. The number of benzene rings is 1. The SMILES string of the molecule is COCCNC(=O)CNc1cc2c(cc1N)OCC(=O)N2. The second kappa shape index (κ2) is 6.80. The van der Waals surface area contributed by atoms with E-state index in [4.69, 9.17) is 15.2 Å². The third kappa shape index (κ3) is 3.99. The number of hydrogen-bond donors (Lipinski definition) is 4. The van der Waals surface area contributed by atoms with Crippen LogP contribution in [0.4, 0.5) is 17.1 Å². The van der Waals surface area contributed by atoms with Crippen LogP contribution in [0.25, 0.3) is 0 Å². The van der Waals surface area contributed by atoms with Gasteiger partial charge in [-0.25, -0.2) is 0 Å². The molecule has 0 fully saturated rings. The van der Waals surface area contributed by atoms with E-state index in [1.807, 2.05) is 0 Å². The monoisotopic (exact) mass is 294 g/mol. The van der Waals surface area contributed by atoms with E-state index in [9.17, 15) is 9.59 Å². The van der Waals surface area contributed by atoms with Gasteiger partial charge in [0.2, 0.25) is 5.91 Å². The molecule has 0 spiro atoms. The Kier molecular flexibility index (Phi) is 4.83. The minimum atomic E-state index is -0.226. The van der Waals surface area contributed by atoms with Gasteiger partial charge in [0.1, 0.15) is 5.75 Å². The second-order valence-electron chi connectivity index (χ2n) is 4.47. The first-order valence-corrected chi connectivity index (χ1v) is 6.46. The number of carbonyl (C=O) groups is 2. The second-order valence-corrected chi connectivity index (χ2v) is 4.47. The van der Waals surface area contributed by atoms with Gasteiger partial charge in [0.25, 0.3) is 5.91 Å². The van der Waals surface area contributed by atoms with Crippen molar-refractivity contribution < 1.29 is 19.1 Å². The maximum absolute atomic E-state index is 11.6. The smallest absolute Gasteiger partial charge is 0.262 e. The Bertz CT molecular complexity index is 547. The van der Waals surface area contributed by atoms with Gasteiger partial charge in [-0.15, -0.1) is 0 Å². The zero-order chi connectivity index (χ0) is 15.2. The van der Waals surface area contributed by atoms with Gasteiger partial charge in [-0.05, 0) is 6.07 Å². The Hall–Kier alpha value is -2.48. The Labute approximate surface area is 122 Å². The van der Waals surface area contributed by atoms with Crippen molar-refractivity contribution in [3.63, 3.8) is 0 Å². The van der Waals surface area contributed by atoms with Crippen molar-refractivity contribution in [2.75, 3.05) is 49.8 Å². The van der Waals surface area contributed by atoms with Gasteiger partial charge in [0, 0.05) is 19.7 Å². The van der Waals surface area contributed by atoms with E-state index in [-0.39, 0.29) is 25.0 Å². The van der Waals surface area contributed by atoms with Crippen molar-refractivity contribution in [3.05, 3.63) is 12.1 Å². The lowest BCUT2D eigenvalue weighted by Crippen LogP contribution is -2.32. The van der Waals surface area contributed by atoms with Crippen LogP contribution in [0.2, 0.25) is 0 Å². The van der Waals surface area contributed by atoms with Crippen LogP contribution in [-0.2, 0) is 14.3 Å². The summed E-state index contributed by atoms with van der Waals surface area (Å²) in [4.78, 5) is 22.8. The molecular weight excluding hydrogens is 276 g/mol. The van der Waals surface area contributed by atoms with Crippen LogP contribution < -0.4 is 26.4 Å². The predicted molar refractivity (Wildman–Crippen MR) is 78.4 cm³/mol. The summed E-state index contributed by atoms with van der Waals surface area (Å²) >= 11 is 0. The summed E-state index contributed by atoms with van der Waals surface area (Å²) in [5.74, 6) is 0.113. The molecule has 0 unspecified atom stereocenters. The lowest BCUT2D eigenvalue weighted by atomic mass is 10.2. The number of fused-ring (bicyclic) bond motifs is 1. The maximum Gasteiger partial charge on any atom is 0.262 e. The molecule has 0 atom stereocenters. The summed E-state index contributed by atoms with van der Waals surface area (Å²) < 4.78 is 10.1. The largest absolute Gasteiger partial charge is 0.482 e. The van der Waals surface area contributed by atoms with E-state index in [1.165, 1.54) is 0 Å². The Morgan fingerprint density at radius 3 is 3.10 bits per heavy atom. The molecule has 1 aromatic carbocycles. The van der Waals surface area contributed by atoms with Crippen LogP contribution in [0.5, 0.6) is 5.75 Å². The van der Waals surface area contributed by atoms with Gasteiger partial charge < -0.3 is 31.2 Å². The van der Waals surface area contributed by atoms with Crippen LogP contribution in [0, 0.1) is 0 Å². The van der Waals surface area contributed by atoms with Crippen LogP contribution in [0.15, 0.2) is 12.1 Å². The Balaban J connectivity index is 1.95. The lowest BCUT2D eigenvalue weighted by molar-refractivity contribution is -0.120. The molecule has 2 rings (SSSR count). The number of amides is 2. The van der Waals surface area contributed by atoms with E-state index >= 15 is 0 Å². The highest BCUT2D eigenvalue weighted by atomic mass is 16.5. The number of rotatable bonds is 6. The van der Waals surface area contributed by atoms with Gasteiger partial charge in [-0.3, -0.25) is 9.59 Å². The quantitative estimate of drug-likeness (QED) is 0.426. The molecule has 0 radical (unpaired) electrons. The van der Waals surface area contributed by atoms with E-state index < -0.39 is 0 Å². The highest BCUT2D eigenvalue weighted by molar-refractivity contribution is 5.97. The lowest BCUT2D eigenvalue weighted by Gasteiger charge is -2.20. The first-order chi connectivity index (χ1) is 10.1. The molecule has 0 aliphatic carbocycles. The van der Waals surface area contributed by atoms with Crippen LogP contribution in [0.1, 0.15) is 0 Å². The number of anilines is 3. The molecule has 1 aliphatic rings. The van der Waals surface area contributed by atoms with E-state index in [0.29, 0.717) is 36.0 Å². The molecule has 0 saturated heterocycles. The van der Waals surface area contributed by atoms with Crippen molar-refractivity contribution in [1.82, 2.24) is 5.32 Å². The minimum absolute atomic E-state index is 0.0267. The van der Waals surface area contributed by atoms with E-state index in [1.54, 1.807) is 19.2 Å². The zero-order valence-electron chi connectivity index (χ0n) is 11.7. The normalized spacial score (nSPS) is 12.9. The fourth-order valence-electron chi connectivity index (χ4n) is 1.83. The number of nitrogen functional groups attached to an aromatic ring is 1. The summed E-state index contributed by atoms with van der Waals surface area (Å²) in [6, 6.07) is 3.25. The Morgan fingerprint density at radius 1 is 1.52 bits per heavy atom. The van der Waals surface area contributed by atoms with Crippen molar-refractivity contribution in [2.24, 2.45) is 0 Å². The Morgan fingerprint density at radius 2 is 2.33 bits per heavy atom. The van der Waals surface area contributed by atoms with Crippen LogP contribution >= 0.6 is 0 Å². The average Bonchev–Trinajstić information content (AvgIpc) is 2.46. The molecule has 2 amide bonds. The summed E-state index contributed by atoms with van der Waals surface area (Å²) in [6.07, 6.45) is 0. The molecule has 1 aromatic rings. The third-order valence-electron chi connectivity index (χ3n) is 2.85.